The van der Waals surface area contributed by atoms with Crippen LogP contribution in [0.15, 0.2) is 18.2 Å². The van der Waals surface area contributed by atoms with Gasteiger partial charge in [-0.3, -0.25) is 0 Å². The van der Waals surface area contributed by atoms with Crippen molar-refractivity contribution in [1.82, 2.24) is 4.72 Å². The molecule has 2 rings (SSSR count). The van der Waals surface area contributed by atoms with Crippen LogP contribution in [0, 0.1) is 0 Å². The fraction of sp³-hybridized carbons (Fsp3) is 0.625. The molecular formula is C16H25NO4S. The number of hydrogen-bond donors (Lipinski definition) is 3. The third-order valence-corrected chi connectivity index (χ3v) is 5.81. The minimum Gasteiger partial charge on any atom is -0.508 e. The molecule has 124 valence electrons. The molecule has 0 heterocycles. The average molecular weight is 327 g/mol. The highest BCUT2D eigenvalue weighted by molar-refractivity contribution is 7.89. The highest BCUT2D eigenvalue weighted by Crippen LogP contribution is 2.38. The van der Waals surface area contributed by atoms with Crippen LogP contribution in [0.1, 0.15) is 56.9 Å². The summed E-state index contributed by atoms with van der Waals surface area (Å²) in [6.45, 7) is 1.98. The zero-order chi connectivity index (χ0) is 16.2. The summed E-state index contributed by atoms with van der Waals surface area (Å²) in [5.74, 6) is 0.588. The fourth-order valence-electron chi connectivity index (χ4n) is 3.05. The van der Waals surface area contributed by atoms with Crippen LogP contribution >= 0.6 is 0 Å². The number of hydrogen-bond acceptors (Lipinski definition) is 4. The SMILES string of the molecule is CCCCS(=O)(=O)N[C@H]1CC[C@@H](c2ccc(O)cc2O)CC1. The Labute approximate surface area is 132 Å². The summed E-state index contributed by atoms with van der Waals surface area (Å²) in [4.78, 5) is 0. The van der Waals surface area contributed by atoms with E-state index in [0.29, 0.717) is 6.42 Å². The van der Waals surface area contributed by atoms with E-state index in [-0.39, 0.29) is 29.2 Å². The van der Waals surface area contributed by atoms with Crippen molar-refractivity contribution in [3.05, 3.63) is 23.8 Å². The predicted octanol–water partition coefficient (Wildman–Crippen LogP) is 2.84. The van der Waals surface area contributed by atoms with E-state index in [2.05, 4.69) is 4.72 Å². The van der Waals surface area contributed by atoms with Crippen molar-refractivity contribution in [1.29, 1.82) is 0 Å². The van der Waals surface area contributed by atoms with E-state index in [9.17, 15) is 18.6 Å². The lowest BCUT2D eigenvalue weighted by atomic mass is 9.81. The number of sulfonamides is 1. The molecule has 1 aromatic rings. The van der Waals surface area contributed by atoms with E-state index < -0.39 is 10.0 Å². The number of nitrogens with one attached hydrogen (secondary N) is 1. The number of rotatable bonds is 6. The van der Waals surface area contributed by atoms with Crippen LogP contribution in [-0.4, -0.2) is 30.4 Å². The Morgan fingerprint density at radius 1 is 1.18 bits per heavy atom. The van der Waals surface area contributed by atoms with Gasteiger partial charge in [0.05, 0.1) is 5.75 Å². The van der Waals surface area contributed by atoms with Gasteiger partial charge in [0.15, 0.2) is 0 Å². The molecule has 0 aliphatic heterocycles. The predicted molar refractivity (Wildman–Crippen MR) is 86.6 cm³/mol. The molecule has 0 amide bonds. The van der Waals surface area contributed by atoms with Crippen molar-refractivity contribution in [2.24, 2.45) is 0 Å². The Bertz CT molecular complexity index is 592. The van der Waals surface area contributed by atoms with Gasteiger partial charge < -0.3 is 10.2 Å². The van der Waals surface area contributed by atoms with Gasteiger partial charge in [-0.15, -0.1) is 0 Å². The maximum absolute atomic E-state index is 11.9. The lowest BCUT2D eigenvalue weighted by molar-refractivity contribution is 0.362. The molecule has 0 bridgehead atoms. The Morgan fingerprint density at radius 3 is 2.45 bits per heavy atom. The summed E-state index contributed by atoms with van der Waals surface area (Å²) in [7, 11) is -3.17. The third-order valence-electron chi connectivity index (χ3n) is 4.29. The van der Waals surface area contributed by atoms with E-state index in [1.54, 1.807) is 12.1 Å². The van der Waals surface area contributed by atoms with Crippen molar-refractivity contribution in [3.8, 4) is 11.5 Å². The number of aromatic hydroxyl groups is 2. The number of benzene rings is 1. The lowest BCUT2D eigenvalue weighted by Crippen LogP contribution is -2.38. The highest BCUT2D eigenvalue weighted by Gasteiger charge is 2.26. The summed E-state index contributed by atoms with van der Waals surface area (Å²) < 4.78 is 26.6. The van der Waals surface area contributed by atoms with Crippen LogP contribution < -0.4 is 4.72 Å². The lowest BCUT2D eigenvalue weighted by Gasteiger charge is -2.29. The molecule has 6 heteroatoms. The van der Waals surface area contributed by atoms with Gasteiger partial charge >= 0.3 is 0 Å². The normalized spacial score (nSPS) is 22.6. The summed E-state index contributed by atoms with van der Waals surface area (Å²) in [6, 6.07) is 4.68. The topological polar surface area (TPSA) is 86.6 Å². The second kappa shape index (κ2) is 7.33. The van der Waals surface area contributed by atoms with E-state index in [1.165, 1.54) is 6.07 Å². The van der Waals surface area contributed by atoms with Gasteiger partial charge in [0, 0.05) is 12.1 Å². The molecule has 0 radical (unpaired) electrons. The van der Waals surface area contributed by atoms with Gasteiger partial charge in [0.25, 0.3) is 0 Å². The van der Waals surface area contributed by atoms with Gasteiger partial charge in [0.2, 0.25) is 10.0 Å². The first-order valence-electron chi connectivity index (χ1n) is 7.93. The van der Waals surface area contributed by atoms with Crippen LogP contribution in [-0.2, 0) is 10.0 Å². The Balaban J connectivity index is 1.90. The highest BCUT2D eigenvalue weighted by atomic mass is 32.2. The number of phenolic OH excluding ortho intramolecular Hbond substituents is 2. The molecule has 0 unspecified atom stereocenters. The second-order valence-corrected chi connectivity index (χ2v) is 7.96. The van der Waals surface area contributed by atoms with E-state index >= 15 is 0 Å². The first-order valence-corrected chi connectivity index (χ1v) is 9.58. The van der Waals surface area contributed by atoms with Crippen LogP contribution in [0.5, 0.6) is 11.5 Å². The van der Waals surface area contributed by atoms with Crippen LogP contribution in [0.2, 0.25) is 0 Å². The summed E-state index contributed by atoms with van der Waals surface area (Å²) >= 11 is 0. The van der Waals surface area contributed by atoms with Crippen LogP contribution in [0.4, 0.5) is 0 Å². The minimum atomic E-state index is -3.17. The molecule has 0 spiro atoms. The molecule has 1 fully saturated rings. The van der Waals surface area contributed by atoms with Crippen molar-refractivity contribution in [2.45, 2.75) is 57.4 Å². The van der Waals surface area contributed by atoms with Crippen molar-refractivity contribution in [2.75, 3.05) is 5.75 Å². The fourth-order valence-corrected chi connectivity index (χ4v) is 4.58. The van der Waals surface area contributed by atoms with E-state index in [0.717, 1.165) is 37.7 Å². The minimum absolute atomic E-state index is 0.00244. The van der Waals surface area contributed by atoms with Gasteiger partial charge in [-0.1, -0.05) is 19.4 Å². The maximum atomic E-state index is 11.9. The van der Waals surface area contributed by atoms with Gasteiger partial charge in [-0.05, 0) is 49.7 Å². The molecule has 0 saturated heterocycles. The van der Waals surface area contributed by atoms with E-state index in [1.807, 2.05) is 6.92 Å². The largest absolute Gasteiger partial charge is 0.508 e. The molecule has 1 aromatic carbocycles. The van der Waals surface area contributed by atoms with Crippen LogP contribution in [0.3, 0.4) is 0 Å². The molecule has 0 atom stereocenters. The van der Waals surface area contributed by atoms with Crippen LogP contribution in [0.25, 0.3) is 0 Å². The number of phenols is 2. The molecule has 22 heavy (non-hydrogen) atoms. The molecule has 0 aromatic heterocycles. The molecule has 1 aliphatic carbocycles. The second-order valence-electron chi connectivity index (χ2n) is 6.08. The Kier molecular flexibility index (Phi) is 5.69. The van der Waals surface area contributed by atoms with Crippen molar-refractivity contribution < 1.29 is 18.6 Å². The maximum Gasteiger partial charge on any atom is 0.211 e. The smallest absolute Gasteiger partial charge is 0.211 e. The average Bonchev–Trinajstić information content (AvgIpc) is 2.46. The zero-order valence-electron chi connectivity index (χ0n) is 13.0. The molecule has 5 nitrogen and oxygen atoms in total. The monoisotopic (exact) mass is 327 g/mol. The van der Waals surface area contributed by atoms with Gasteiger partial charge in [-0.2, -0.15) is 0 Å². The molecule has 1 saturated carbocycles. The van der Waals surface area contributed by atoms with Gasteiger partial charge in [0.1, 0.15) is 11.5 Å². The third kappa shape index (κ3) is 4.61. The first kappa shape index (κ1) is 17.1. The summed E-state index contributed by atoms with van der Waals surface area (Å²) in [5.41, 5.74) is 0.838. The number of unbranched alkanes of at least 4 members (excludes halogenated alkanes) is 1. The molecule has 3 N–H and O–H groups in total. The quantitative estimate of drug-likeness (QED) is 0.750. The van der Waals surface area contributed by atoms with Crippen molar-refractivity contribution >= 4 is 10.0 Å². The summed E-state index contributed by atoms with van der Waals surface area (Å²) in [5, 5.41) is 19.3. The Hall–Kier alpha value is -1.27. The van der Waals surface area contributed by atoms with Gasteiger partial charge in [-0.25, -0.2) is 13.1 Å². The Morgan fingerprint density at radius 2 is 1.86 bits per heavy atom. The molecular weight excluding hydrogens is 302 g/mol. The van der Waals surface area contributed by atoms with E-state index in [4.69, 9.17) is 0 Å². The first-order chi connectivity index (χ1) is 10.4. The zero-order valence-corrected chi connectivity index (χ0v) is 13.8. The molecule has 1 aliphatic rings. The summed E-state index contributed by atoms with van der Waals surface area (Å²) in [6.07, 6.45) is 4.77. The standard InChI is InChI=1S/C16H25NO4S/c1-2-3-10-22(20,21)17-13-6-4-12(5-7-13)15-9-8-14(18)11-16(15)19/h8-9,11-13,17-19H,2-7,10H2,1H3/t12-,13+. The van der Waals surface area contributed by atoms with Crippen molar-refractivity contribution in [3.63, 3.8) is 0 Å².